The molecule has 3 rings (SSSR count). The third-order valence-electron chi connectivity index (χ3n) is 3.66. The summed E-state index contributed by atoms with van der Waals surface area (Å²) in [6, 6.07) is 9.89. The van der Waals surface area contributed by atoms with Crippen molar-refractivity contribution in [2.75, 3.05) is 18.2 Å². The van der Waals surface area contributed by atoms with Gasteiger partial charge in [-0.15, -0.1) is 0 Å². The zero-order valence-corrected chi connectivity index (χ0v) is 16.2. The number of hydrogen-bond donors (Lipinski definition) is 1. The van der Waals surface area contributed by atoms with Gasteiger partial charge in [-0.2, -0.15) is 0 Å². The van der Waals surface area contributed by atoms with Gasteiger partial charge in [0.2, 0.25) is 5.91 Å². The summed E-state index contributed by atoms with van der Waals surface area (Å²) in [5, 5.41) is 5.00. The molecule has 0 aliphatic rings. The van der Waals surface area contributed by atoms with Crippen molar-refractivity contribution in [1.82, 2.24) is 9.97 Å². The molecule has 0 atom stereocenters. The number of pyridine rings is 1. The van der Waals surface area contributed by atoms with Crippen LogP contribution in [0.1, 0.15) is 20.9 Å². The molecule has 1 amide bonds. The van der Waals surface area contributed by atoms with E-state index in [4.69, 9.17) is 4.74 Å². The van der Waals surface area contributed by atoms with E-state index in [0.717, 1.165) is 32.8 Å². The summed E-state index contributed by atoms with van der Waals surface area (Å²) in [6.07, 6.45) is 0. The quantitative estimate of drug-likeness (QED) is 0.529. The average Bonchev–Trinajstić information content (AvgIpc) is 2.99. The zero-order chi connectivity index (χ0) is 18.7. The fourth-order valence-corrected chi connectivity index (χ4v) is 4.09. The van der Waals surface area contributed by atoms with Gasteiger partial charge in [-0.3, -0.25) is 4.79 Å². The number of aromatic nitrogens is 2. The first-order valence-electron chi connectivity index (χ1n) is 7.82. The van der Waals surface area contributed by atoms with Gasteiger partial charge in [0.05, 0.1) is 29.1 Å². The Bertz CT molecular complexity index is 985. The summed E-state index contributed by atoms with van der Waals surface area (Å²) in [7, 11) is 1.31. The van der Waals surface area contributed by atoms with Crippen LogP contribution in [0.4, 0.5) is 5.13 Å². The first-order chi connectivity index (χ1) is 12.5. The molecular weight excluding hydrogens is 370 g/mol. The number of nitrogens with one attached hydrogen (secondary N) is 1. The molecule has 2 heterocycles. The van der Waals surface area contributed by atoms with Crippen LogP contribution < -0.4 is 5.32 Å². The Balaban J connectivity index is 1.65. The number of benzene rings is 1. The minimum absolute atomic E-state index is 0.201. The van der Waals surface area contributed by atoms with Crippen LogP contribution in [0.3, 0.4) is 0 Å². The summed E-state index contributed by atoms with van der Waals surface area (Å²) < 4.78 is 4.69. The number of rotatable bonds is 5. The lowest BCUT2D eigenvalue weighted by Gasteiger charge is -2.06. The number of thioether (sulfide) groups is 1. The number of thiazole rings is 1. The van der Waals surface area contributed by atoms with Crippen LogP contribution in [0.5, 0.6) is 0 Å². The summed E-state index contributed by atoms with van der Waals surface area (Å²) in [5.74, 6) is -0.449. The molecule has 1 aromatic carbocycles. The van der Waals surface area contributed by atoms with Gasteiger partial charge in [0.1, 0.15) is 4.88 Å². The molecule has 0 spiro atoms. The second-order valence-electron chi connectivity index (χ2n) is 5.56. The van der Waals surface area contributed by atoms with Crippen LogP contribution in [-0.2, 0) is 9.53 Å². The number of hydrogen-bond acceptors (Lipinski definition) is 7. The average molecular weight is 387 g/mol. The molecule has 6 nitrogen and oxygen atoms in total. The topological polar surface area (TPSA) is 81.2 Å². The standard InChI is InChI=1S/C18H17N3O3S2/c1-10-8-15(20-13-7-5-4-6-12(10)13)25-9-14(22)21-18-19-11(2)16(26-18)17(23)24-3/h4-8H,9H2,1-3H3,(H,19,21,22). The number of fused-ring (bicyclic) bond motifs is 1. The van der Waals surface area contributed by atoms with E-state index >= 15 is 0 Å². The lowest BCUT2D eigenvalue weighted by Crippen LogP contribution is -2.13. The third-order valence-corrected chi connectivity index (χ3v) is 5.63. The number of carbonyl (C=O) groups is 2. The van der Waals surface area contributed by atoms with Crippen LogP contribution in [0, 0.1) is 13.8 Å². The van der Waals surface area contributed by atoms with Crippen molar-refractivity contribution in [1.29, 1.82) is 0 Å². The maximum atomic E-state index is 12.2. The fourth-order valence-electron chi connectivity index (χ4n) is 2.42. The highest BCUT2D eigenvalue weighted by atomic mass is 32.2. The Morgan fingerprint density at radius 2 is 2.00 bits per heavy atom. The van der Waals surface area contributed by atoms with E-state index in [1.54, 1.807) is 6.92 Å². The molecule has 0 fully saturated rings. The summed E-state index contributed by atoms with van der Waals surface area (Å²) in [5.41, 5.74) is 2.57. The molecule has 3 aromatic rings. The van der Waals surface area contributed by atoms with Crippen molar-refractivity contribution >= 4 is 51.0 Å². The minimum Gasteiger partial charge on any atom is -0.465 e. The third kappa shape index (κ3) is 4.03. The zero-order valence-electron chi connectivity index (χ0n) is 14.5. The maximum Gasteiger partial charge on any atom is 0.350 e. The predicted octanol–water partition coefficient (Wildman–Crippen LogP) is 3.83. The van der Waals surface area contributed by atoms with E-state index in [9.17, 15) is 9.59 Å². The molecule has 0 radical (unpaired) electrons. The highest BCUT2D eigenvalue weighted by Gasteiger charge is 2.17. The number of nitrogens with zero attached hydrogens (tertiary/aromatic N) is 2. The van der Waals surface area contributed by atoms with E-state index < -0.39 is 5.97 Å². The number of esters is 1. The summed E-state index contributed by atoms with van der Waals surface area (Å²) in [6.45, 7) is 3.73. The second kappa shape index (κ2) is 7.84. The number of carbonyl (C=O) groups excluding carboxylic acids is 2. The van der Waals surface area contributed by atoms with Crippen LogP contribution in [-0.4, -0.2) is 34.7 Å². The molecular formula is C18H17N3O3S2. The van der Waals surface area contributed by atoms with Gasteiger partial charge in [0.15, 0.2) is 5.13 Å². The van der Waals surface area contributed by atoms with Gasteiger partial charge in [0, 0.05) is 5.39 Å². The van der Waals surface area contributed by atoms with Crippen LogP contribution in [0.15, 0.2) is 35.4 Å². The van der Waals surface area contributed by atoms with Crippen molar-refractivity contribution < 1.29 is 14.3 Å². The van der Waals surface area contributed by atoms with E-state index in [2.05, 4.69) is 15.3 Å². The highest BCUT2D eigenvalue weighted by Crippen LogP contribution is 2.25. The highest BCUT2D eigenvalue weighted by molar-refractivity contribution is 7.99. The molecule has 1 N–H and O–H groups in total. The molecule has 0 saturated carbocycles. The minimum atomic E-state index is -0.453. The van der Waals surface area contributed by atoms with Gasteiger partial charge in [-0.25, -0.2) is 14.8 Å². The van der Waals surface area contributed by atoms with E-state index in [1.807, 2.05) is 37.3 Å². The number of ether oxygens (including phenoxy) is 1. The number of aryl methyl sites for hydroxylation is 2. The molecule has 0 aliphatic carbocycles. The Hall–Kier alpha value is -2.45. The van der Waals surface area contributed by atoms with Gasteiger partial charge < -0.3 is 10.1 Å². The molecule has 0 aliphatic heterocycles. The Morgan fingerprint density at radius 1 is 1.23 bits per heavy atom. The molecule has 26 heavy (non-hydrogen) atoms. The van der Waals surface area contributed by atoms with Gasteiger partial charge in [-0.05, 0) is 31.5 Å². The van der Waals surface area contributed by atoms with Crippen molar-refractivity contribution in [2.45, 2.75) is 18.9 Å². The summed E-state index contributed by atoms with van der Waals surface area (Å²) in [4.78, 5) is 32.9. The number of amides is 1. The monoisotopic (exact) mass is 387 g/mol. The Labute approximate surface area is 159 Å². The SMILES string of the molecule is COC(=O)c1sc(NC(=O)CSc2cc(C)c3ccccc3n2)nc1C. The smallest absolute Gasteiger partial charge is 0.350 e. The first kappa shape index (κ1) is 18.3. The largest absolute Gasteiger partial charge is 0.465 e. The second-order valence-corrected chi connectivity index (χ2v) is 7.55. The van der Waals surface area contributed by atoms with Crippen molar-refractivity contribution in [3.05, 3.63) is 46.5 Å². The summed E-state index contributed by atoms with van der Waals surface area (Å²) >= 11 is 2.46. The van der Waals surface area contributed by atoms with Gasteiger partial charge >= 0.3 is 5.97 Å². The first-order valence-corrected chi connectivity index (χ1v) is 9.63. The Kier molecular flexibility index (Phi) is 5.53. The number of methoxy groups -OCH3 is 1. The normalized spacial score (nSPS) is 10.7. The molecule has 0 unspecified atom stereocenters. The molecule has 0 saturated heterocycles. The van der Waals surface area contributed by atoms with Crippen LogP contribution in [0.25, 0.3) is 10.9 Å². The van der Waals surface area contributed by atoms with E-state index in [-0.39, 0.29) is 11.7 Å². The van der Waals surface area contributed by atoms with Gasteiger partial charge in [-0.1, -0.05) is 41.3 Å². The molecule has 8 heteroatoms. The van der Waals surface area contributed by atoms with E-state index in [0.29, 0.717) is 15.7 Å². The van der Waals surface area contributed by atoms with Crippen molar-refractivity contribution in [3.63, 3.8) is 0 Å². The number of anilines is 1. The molecule has 134 valence electrons. The van der Waals surface area contributed by atoms with Crippen molar-refractivity contribution in [3.8, 4) is 0 Å². The van der Waals surface area contributed by atoms with Crippen LogP contribution >= 0.6 is 23.1 Å². The predicted molar refractivity (Wildman–Crippen MR) is 104 cm³/mol. The fraction of sp³-hybridized carbons (Fsp3) is 0.222. The Morgan fingerprint density at radius 3 is 2.77 bits per heavy atom. The van der Waals surface area contributed by atoms with Crippen LogP contribution in [0.2, 0.25) is 0 Å². The number of para-hydroxylation sites is 1. The lowest BCUT2D eigenvalue weighted by atomic mass is 10.1. The maximum absolute atomic E-state index is 12.2. The van der Waals surface area contributed by atoms with Crippen molar-refractivity contribution in [2.24, 2.45) is 0 Å². The van der Waals surface area contributed by atoms with Gasteiger partial charge in [0.25, 0.3) is 0 Å². The lowest BCUT2D eigenvalue weighted by molar-refractivity contribution is -0.113. The molecule has 2 aromatic heterocycles. The molecule has 0 bridgehead atoms. The van der Waals surface area contributed by atoms with E-state index in [1.165, 1.54) is 18.9 Å².